The van der Waals surface area contributed by atoms with Crippen LogP contribution in [-0.4, -0.2) is 11.8 Å². The Morgan fingerprint density at radius 3 is 2.91 bits per heavy atom. The number of nitrogens with one attached hydrogen (secondary N) is 1. The molecule has 0 aliphatic rings. The number of halogens is 2. The highest BCUT2D eigenvalue weighted by Gasteiger charge is 1.94. The lowest BCUT2D eigenvalue weighted by atomic mass is 10.6. The molecule has 1 aromatic rings. The fraction of sp³-hybridized carbons (Fsp3) is 0.167. The van der Waals surface area contributed by atoms with Crippen molar-refractivity contribution in [2.45, 2.75) is 0 Å². The van der Waals surface area contributed by atoms with Crippen LogP contribution < -0.4 is 5.32 Å². The highest BCUT2D eigenvalue weighted by atomic mass is 35.5. The SMILES string of the molecule is Cl.O=C(Cl)CNc1cccs1. The van der Waals surface area contributed by atoms with Crippen LogP contribution in [0.2, 0.25) is 0 Å². The summed E-state index contributed by atoms with van der Waals surface area (Å²) in [6.07, 6.45) is 0. The molecule has 5 heteroatoms. The molecule has 0 unspecified atom stereocenters. The molecule has 1 heterocycles. The summed E-state index contributed by atoms with van der Waals surface area (Å²) < 4.78 is 0. The number of hydrogen-bond donors (Lipinski definition) is 1. The maximum absolute atomic E-state index is 10.2. The molecule has 1 N–H and O–H groups in total. The van der Waals surface area contributed by atoms with Gasteiger partial charge in [0, 0.05) is 0 Å². The monoisotopic (exact) mass is 211 g/mol. The van der Waals surface area contributed by atoms with Crippen LogP contribution in [0, 0.1) is 0 Å². The summed E-state index contributed by atoms with van der Waals surface area (Å²) in [6, 6.07) is 3.80. The van der Waals surface area contributed by atoms with E-state index in [9.17, 15) is 4.79 Å². The first-order valence-corrected chi connectivity index (χ1v) is 4.00. The Morgan fingerprint density at radius 2 is 2.45 bits per heavy atom. The summed E-state index contributed by atoms with van der Waals surface area (Å²) in [5, 5.41) is 5.39. The van der Waals surface area contributed by atoms with E-state index < -0.39 is 0 Å². The van der Waals surface area contributed by atoms with Crippen LogP contribution in [0.4, 0.5) is 5.00 Å². The highest BCUT2D eigenvalue weighted by molar-refractivity contribution is 7.14. The van der Waals surface area contributed by atoms with Gasteiger partial charge in [-0.15, -0.1) is 23.7 Å². The third-order valence-electron chi connectivity index (χ3n) is 0.923. The molecular weight excluding hydrogens is 205 g/mol. The number of rotatable bonds is 3. The fourth-order valence-electron chi connectivity index (χ4n) is 0.536. The van der Waals surface area contributed by atoms with Crippen LogP contribution in [0.3, 0.4) is 0 Å². The van der Waals surface area contributed by atoms with Crippen LogP contribution in [0.15, 0.2) is 17.5 Å². The number of hydrogen-bond acceptors (Lipinski definition) is 3. The Morgan fingerprint density at radius 1 is 1.73 bits per heavy atom. The minimum Gasteiger partial charge on any atom is -0.369 e. The molecule has 0 atom stereocenters. The van der Waals surface area contributed by atoms with Gasteiger partial charge in [0.25, 0.3) is 0 Å². The largest absolute Gasteiger partial charge is 0.369 e. The van der Waals surface area contributed by atoms with Gasteiger partial charge in [0.15, 0.2) is 0 Å². The van der Waals surface area contributed by atoms with Crippen molar-refractivity contribution in [2.75, 3.05) is 11.9 Å². The maximum atomic E-state index is 10.2. The third-order valence-corrected chi connectivity index (χ3v) is 1.88. The minimum atomic E-state index is -0.367. The molecular formula is C6H7Cl2NOS. The van der Waals surface area contributed by atoms with Crippen molar-refractivity contribution in [1.82, 2.24) is 0 Å². The summed E-state index contributed by atoms with van der Waals surface area (Å²) in [5.74, 6) is 0. The van der Waals surface area contributed by atoms with E-state index in [0.717, 1.165) is 5.00 Å². The van der Waals surface area contributed by atoms with E-state index in [1.54, 1.807) is 11.3 Å². The molecule has 0 aromatic carbocycles. The van der Waals surface area contributed by atoms with E-state index in [1.165, 1.54) is 0 Å². The third kappa shape index (κ3) is 4.24. The van der Waals surface area contributed by atoms with Gasteiger partial charge in [-0.05, 0) is 29.1 Å². The van der Waals surface area contributed by atoms with Gasteiger partial charge in [-0.25, -0.2) is 0 Å². The maximum Gasteiger partial charge on any atom is 0.240 e. The molecule has 0 fully saturated rings. The Kier molecular flexibility index (Phi) is 5.28. The van der Waals surface area contributed by atoms with Crippen LogP contribution in [0.5, 0.6) is 0 Å². The average Bonchev–Trinajstić information content (AvgIpc) is 2.34. The van der Waals surface area contributed by atoms with E-state index >= 15 is 0 Å². The predicted molar refractivity (Wildman–Crippen MR) is 50.9 cm³/mol. The van der Waals surface area contributed by atoms with Crippen LogP contribution >= 0.6 is 35.3 Å². The van der Waals surface area contributed by atoms with E-state index in [4.69, 9.17) is 11.6 Å². The van der Waals surface area contributed by atoms with Crippen LogP contribution in [0.1, 0.15) is 0 Å². The highest BCUT2D eigenvalue weighted by Crippen LogP contribution is 2.14. The van der Waals surface area contributed by atoms with E-state index in [1.807, 2.05) is 17.5 Å². The normalized spacial score (nSPS) is 8.45. The van der Waals surface area contributed by atoms with Gasteiger partial charge in [0.1, 0.15) is 0 Å². The molecule has 2 nitrogen and oxygen atoms in total. The summed E-state index contributed by atoms with van der Waals surface area (Å²) >= 11 is 6.64. The van der Waals surface area contributed by atoms with Crippen molar-refractivity contribution < 1.29 is 4.79 Å². The van der Waals surface area contributed by atoms with Gasteiger partial charge in [-0.1, -0.05) is 0 Å². The molecule has 0 spiro atoms. The molecule has 11 heavy (non-hydrogen) atoms. The zero-order valence-corrected chi connectivity index (χ0v) is 7.93. The Hall–Kier alpha value is -0.250. The second kappa shape index (κ2) is 5.41. The second-order valence-corrected chi connectivity index (χ2v) is 3.06. The van der Waals surface area contributed by atoms with Gasteiger partial charge in [-0.2, -0.15) is 0 Å². The van der Waals surface area contributed by atoms with E-state index in [0.29, 0.717) is 0 Å². The van der Waals surface area contributed by atoms with Crippen molar-refractivity contribution in [3.8, 4) is 0 Å². The van der Waals surface area contributed by atoms with E-state index in [-0.39, 0.29) is 24.2 Å². The Labute approximate surface area is 80.0 Å². The second-order valence-electron chi connectivity index (χ2n) is 1.69. The first-order chi connectivity index (χ1) is 4.79. The standard InChI is InChI=1S/C6H6ClNOS.ClH/c7-5(9)4-8-6-2-1-3-10-6;/h1-3,8H,4H2;1H. The lowest BCUT2D eigenvalue weighted by Crippen LogP contribution is -2.06. The van der Waals surface area contributed by atoms with Crippen molar-refractivity contribution >= 4 is 45.6 Å². The zero-order chi connectivity index (χ0) is 7.40. The van der Waals surface area contributed by atoms with Gasteiger partial charge in [-0.3, -0.25) is 4.79 Å². The number of anilines is 1. The fourth-order valence-corrected chi connectivity index (χ4v) is 1.22. The minimum absolute atomic E-state index is 0. The van der Waals surface area contributed by atoms with Gasteiger partial charge < -0.3 is 5.32 Å². The molecule has 0 amide bonds. The van der Waals surface area contributed by atoms with Crippen molar-refractivity contribution in [3.05, 3.63) is 17.5 Å². The van der Waals surface area contributed by atoms with Crippen molar-refractivity contribution in [3.63, 3.8) is 0 Å². The van der Waals surface area contributed by atoms with Gasteiger partial charge in [0.05, 0.1) is 11.5 Å². The first kappa shape index (κ1) is 10.8. The lowest BCUT2D eigenvalue weighted by Gasteiger charge is -1.95. The molecule has 0 radical (unpaired) electrons. The predicted octanol–water partition coefficient (Wildman–Crippen LogP) is 2.35. The Balaban J connectivity index is 0.000001000. The summed E-state index contributed by atoms with van der Waals surface area (Å²) in [5.41, 5.74) is 0. The Bertz CT molecular complexity index is 212. The number of thiophene rings is 1. The van der Waals surface area contributed by atoms with Crippen LogP contribution in [-0.2, 0) is 4.79 Å². The molecule has 0 saturated carbocycles. The number of carbonyl (C=O) groups is 1. The van der Waals surface area contributed by atoms with Crippen molar-refractivity contribution in [2.24, 2.45) is 0 Å². The molecule has 62 valence electrons. The quantitative estimate of drug-likeness (QED) is 0.779. The molecule has 0 aliphatic heterocycles. The van der Waals surface area contributed by atoms with Gasteiger partial charge >= 0.3 is 0 Å². The molecule has 0 saturated heterocycles. The molecule has 1 aromatic heterocycles. The van der Waals surface area contributed by atoms with Crippen LogP contribution in [0.25, 0.3) is 0 Å². The molecule has 1 rings (SSSR count). The molecule has 0 bridgehead atoms. The number of carbonyl (C=O) groups excluding carboxylic acids is 1. The topological polar surface area (TPSA) is 29.1 Å². The zero-order valence-electron chi connectivity index (χ0n) is 5.54. The smallest absolute Gasteiger partial charge is 0.240 e. The average molecular weight is 212 g/mol. The molecule has 0 aliphatic carbocycles. The summed E-state index contributed by atoms with van der Waals surface area (Å²) in [4.78, 5) is 10.2. The van der Waals surface area contributed by atoms with Crippen molar-refractivity contribution in [1.29, 1.82) is 0 Å². The summed E-state index contributed by atoms with van der Waals surface area (Å²) in [7, 11) is 0. The first-order valence-electron chi connectivity index (χ1n) is 2.75. The summed E-state index contributed by atoms with van der Waals surface area (Å²) in [6.45, 7) is 0.196. The lowest BCUT2D eigenvalue weighted by molar-refractivity contribution is -0.110. The van der Waals surface area contributed by atoms with Gasteiger partial charge in [0.2, 0.25) is 5.24 Å². The van der Waals surface area contributed by atoms with E-state index in [2.05, 4.69) is 5.32 Å².